The first-order chi connectivity index (χ1) is 6.08. The molecular weight excluding hydrogens is 209 g/mol. The van der Waals surface area contributed by atoms with Crippen molar-refractivity contribution in [2.75, 3.05) is 0 Å². The fourth-order valence-electron chi connectivity index (χ4n) is 0.850. The number of hydrogen-bond acceptors (Lipinski definition) is 1. The van der Waals surface area contributed by atoms with Gasteiger partial charge in [-0.25, -0.2) is 0 Å². The lowest BCUT2D eigenvalue weighted by Gasteiger charge is -1.95. The van der Waals surface area contributed by atoms with Crippen molar-refractivity contribution in [3.05, 3.63) is 39.9 Å². The van der Waals surface area contributed by atoms with E-state index in [1.54, 1.807) is 24.3 Å². The molecule has 1 rings (SSSR count). The Bertz CT molecular complexity index is 340. The van der Waals surface area contributed by atoms with Gasteiger partial charge in [0.15, 0.2) is 0 Å². The highest BCUT2D eigenvalue weighted by Gasteiger charge is 1.94. The fraction of sp³-hybridized carbons (Fsp3) is 0. The van der Waals surface area contributed by atoms with E-state index >= 15 is 0 Å². The van der Waals surface area contributed by atoms with Gasteiger partial charge < -0.3 is 5.73 Å². The average molecular weight is 216 g/mol. The van der Waals surface area contributed by atoms with Gasteiger partial charge in [0, 0.05) is 16.1 Å². The average Bonchev–Trinajstić information content (AvgIpc) is 1.99. The molecule has 0 saturated heterocycles. The van der Waals surface area contributed by atoms with Crippen LogP contribution in [-0.4, -0.2) is 5.91 Å². The topological polar surface area (TPSA) is 43.1 Å². The molecule has 68 valence electrons. The predicted molar refractivity (Wildman–Crippen MR) is 54.7 cm³/mol. The second-order valence-corrected chi connectivity index (χ2v) is 3.31. The molecule has 0 bridgehead atoms. The minimum absolute atomic E-state index is 0.504. The maximum Gasteiger partial charge on any atom is 0.241 e. The monoisotopic (exact) mass is 215 g/mol. The van der Waals surface area contributed by atoms with E-state index in [1.165, 1.54) is 6.08 Å². The smallest absolute Gasteiger partial charge is 0.241 e. The number of halogens is 2. The third-order valence-corrected chi connectivity index (χ3v) is 1.76. The first-order valence-corrected chi connectivity index (χ1v) is 4.27. The third-order valence-electron chi connectivity index (χ3n) is 1.32. The molecule has 0 unspecified atom stereocenters. The first kappa shape index (κ1) is 10.1. The molecule has 2 N–H and O–H groups in total. The van der Waals surface area contributed by atoms with E-state index in [0.29, 0.717) is 10.0 Å². The summed E-state index contributed by atoms with van der Waals surface area (Å²) in [5, 5.41) is 1.05. The van der Waals surface area contributed by atoms with Gasteiger partial charge in [-0.1, -0.05) is 23.2 Å². The van der Waals surface area contributed by atoms with Crippen LogP contribution in [0.25, 0.3) is 6.08 Å². The van der Waals surface area contributed by atoms with E-state index in [1.807, 2.05) is 0 Å². The quantitative estimate of drug-likeness (QED) is 0.758. The maximum atomic E-state index is 10.4. The molecule has 0 atom stereocenters. The van der Waals surface area contributed by atoms with E-state index in [2.05, 4.69) is 0 Å². The molecule has 0 aliphatic rings. The van der Waals surface area contributed by atoms with Gasteiger partial charge in [0.1, 0.15) is 0 Å². The normalized spacial score (nSPS) is 10.6. The Balaban J connectivity index is 2.95. The highest BCUT2D eigenvalue weighted by atomic mass is 35.5. The Hall–Kier alpha value is -0.990. The van der Waals surface area contributed by atoms with Crippen LogP contribution in [0.15, 0.2) is 24.3 Å². The Kier molecular flexibility index (Phi) is 3.34. The number of carbonyl (C=O) groups excluding carboxylic acids is 1. The van der Waals surface area contributed by atoms with Crippen molar-refractivity contribution >= 4 is 35.2 Å². The summed E-state index contributed by atoms with van der Waals surface area (Å²) in [4.78, 5) is 10.4. The predicted octanol–water partition coefficient (Wildman–Crippen LogP) is 2.49. The van der Waals surface area contributed by atoms with Crippen LogP contribution in [-0.2, 0) is 4.79 Å². The SMILES string of the molecule is NC(=O)/C=C\c1cc(Cl)cc(Cl)c1. The fourth-order valence-corrected chi connectivity index (χ4v) is 1.39. The number of amides is 1. The van der Waals surface area contributed by atoms with Crippen LogP contribution in [0.4, 0.5) is 0 Å². The molecule has 0 aliphatic carbocycles. The number of hydrogen-bond donors (Lipinski definition) is 1. The van der Waals surface area contributed by atoms with Gasteiger partial charge in [0.05, 0.1) is 0 Å². The zero-order valence-electron chi connectivity index (χ0n) is 6.63. The van der Waals surface area contributed by atoms with Crippen molar-refractivity contribution in [2.24, 2.45) is 5.73 Å². The molecule has 0 saturated carbocycles. The minimum atomic E-state index is -0.504. The molecule has 13 heavy (non-hydrogen) atoms. The molecule has 0 aliphatic heterocycles. The maximum absolute atomic E-state index is 10.4. The standard InChI is InChI=1S/C9H7Cl2NO/c10-7-3-6(1-2-9(12)13)4-8(11)5-7/h1-5H,(H2,12,13)/b2-1-. The van der Waals surface area contributed by atoms with Crippen molar-refractivity contribution in [3.8, 4) is 0 Å². The number of rotatable bonds is 2. The summed E-state index contributed by atoms with van der Waals surface area (Å²) >= 11 is 11.5. The van der Waals surface area contributed by atoms with Gasteiger partial charge in [-0.3, -0.25) is 4.79 Å². The van der Waals surface area contributed by atoms with Crippen LogP contribution in [0.1, 0.15) is 5.56 Å². The van der Waals surface area contributed by atoms with Crippen molar-refractivity contribution in [3.63, 3.8) is 0 Å². The molecule has 0 aromatic heterocycles. The number of nitrogens with two attached hydrogens (primary N) is 1. The lowest BCUT2D eigenvalue weighted by Crippen LogP contribution is -2.05. The molecule has 2 nitrogen and oxygen atoms in total. The Labute approximate surface area is 85.9 Å². The molecule has 0 spiro atoms. The van der Waals surface area contributed by atoms with Crippen molar-refractivity contribution in [1.29, 1.82) is 0 Å². The van der Waals surface area contributed by atoms with Crippen LogP contribution in [0, 0.1) is 0 Å². The molecule has 1 aromatic carbocycles. The molecule has 1 amide bonds. The summed E-state index contributed by atoms with van der Waals surface area (Å²) in [6.07, 6.45) is 2.81. The van der Waals surface area contributed by atoms with Crippen molar-refractivity contribution in [2.45, 2.75) is 0 Å². The first-order valence-electron chi connectivity index (χ1n) is 3.51. The van der Waals surface area contributed by atoms with Gasteiger partial charge in [0.25, 0.3) is 0 Å². The van der Waals surface area contributed by atoms with E-state index in [4.69, 9.17) is 28.9 Å². The largest absolute Gasteiger partial charge is 0.366 e. The Morgan fingerprint density at radius 3 is 2.23 bits per heavy atom. The molecule has 4 heteroatoms. The molecule has 0 fully saturated rings. The highest BCUT2D eigenvalue weighted by molar-refractivity contribution is 6.34. The number of benzene rings is 1. The zero-order valence-corrected chi connectivity index (χ0v) is 8.14. The van der Waals surface area contributed by atoms with E-state index in [0.717, 1.165) is 5.56 Å². The lowest BCUT2D eigenvalue weighted by atomic mass is 10.2. The Morgan fingerprint density at radius 1 is 1.23 bits per heavy atom. The summed E-state index contributed by atoms with van der Waals surface area (Å²) in [5.74, 6) is -0.504. The minimum Gasteiger partial charge on any atom is -0.366 e. The lowest BCUT2D eigenvalue weighted by molar-refractivity contribution is -0.113. The van der Waals surface area contributed by atoms with Crippen LogP contribution in [0.3, 0.4) is 0 Å². The second-order valence-electron chi connectivity index (χ2n) is 2.44. The summed E-state index contributed by atoms with van der Waals surface area (Å²) in [6.45, 7) is 0. The molecule has 0 heterocycles. The summed E-state index contributed by atoms with van der Waals surface area (Å²) in [7, 11) is 0. The van der Waals surface area contributed by atoms with E-state index in [-0.39, 0.29) is 0 Å². The molecule has 1 aromatic rings. The number of primary amides is 1. The van der Waals surface area contributed by atoms with Crippen LogP contribution in [0.5, 0.6) is 0 Å². The Morgan fingerprint density at radius 2 is 1.77 bits per heavy atom. The van der Waals surface area contributed by atoms with Crippen LogP contribution < -0.4 is 5.73 Å². The van der Waals surface area contributed by atoms with Crippen molar-refractivity contribution in [1.82, 2.24) is 0 Å². The van der Waals surface area contributed by atoms with Crippen LogP contribution in [0.2, 0.25) is 10.0 Å². The van der Waals surface area contributed by atoms with Gasteiger partial charge >= 0.3 is 0 Å². The molecular formula is C9H7Cl2NO. The highest BCUT2D eigenvalue weighted by Crippen LogP contribution is 2.19. The van der Waals surface area contributed by atoms with Crippen molar-refractivity contribution < 1.29 is 4.79 Å². The van der Waals surface area contributed by atoms with Crippen LogP contribution >= 0.6 is 23.2 Å². The zero-order chi connectivity index (χ0) is 9.84. The summed E-state index contributed by atoms with van der Waals surface area (Å²) in [5.41, 5.74) is 5.67. The van der Waals surface area contributed by atoms with E-state index in [9.17, 15) is 4.79 Å². The molecule has 0 radical (unpaired) electrons. The third kappa shape index (κ3) is 3.49. The van der Waals surface area contributed by atoms with Gasteiger partial charge in [-0.05, 0) is 29.8 Å². The van der Waals surface area contributed by atoms with Gasteiger partial charge in [0.2, 0.25) is 5.91 Å². The van der Waals surface area contributed by atoms with Gasteiger partial charge in [-0.15, -0.1) is 0 Å². The second kappa shape index (κ2) is 4.30. The van der Waals surface area contributed by atoms with E-state index < -0.39 is 5.91 Å². The summed E-state index contributed by atoms with van der Waals surface area (Å²) < 4.78 is 0. The number of carbonyl (C=O) groups is 1. The summed E-state index contributed by atoms with van der Waals surface area (Å²) in [6, 6.07) is 4.99. The van der Waals surface area contributed by atoms with Gasteiger partial charge in [-0.2, -0.15) is 0 Å².